The van der Waals surface area contributed by atoms with Gasteiger partial charge >= 0.3 is 0 Å². The molecule has 4 rings (SSSR count). The SMILES string of the molecule is O=S(=O)(Nc1ccc(N2CCc3ccccc32)nn1)c1ccc(Cl)cc1. The Kier molecular flexibility index (Phi) is 4.26. The molecule has 0 radical (unpaired) electrons. The molecule has 0 fully saturated rings. The van der Waals surface area contributed by atoms with E-state index in [1.165, 1.54) is 29.8 Å². The minimum absolute atomic E-state index is 0.112. The van der Waals surface area contributed by atoms with Gasteiger partial charge < -0.3 is 4.90 Å². The van der Waals surface area contributed by atoms with Gasteiger partial charge in [-0.3, -0.25) is 4.72 Å². The van der Waals surface area contributed by atoms with Crippen molar-refractivity contribution in [2.75, 3.05) is 16.2 Å². The standard InChI is InChI=1S/C18H15ClN4O2S/c19-14-5-7-15(8-6-14)26(24,25)22-17-9-10-18(21-20-17)23-12-11-13-3-1-2-4-16(13)23/h1-10H,11-12H2,(H,20,22). The summed E-state index contributed by atoms with van der Waals surface area (Å²) >= 11 is 5.80. The molecule has 2 heterocycles. The summed E-state index contributed by atoms with van der Waals surface area (Å²) in [6, 6.07) is 17.4. The number of sulfonamides is 1. The van der Waals surface area contributed by atoms with Crippen molar-refractivity contribution in [3.05, 3.63) is 71.2 Å². The average molecular weight is 387 g/mol. The molecule has 8 heteroatoms. The molecule has 6 nitrogen and oxygen atoms in total. The highest BCUT2D eigenvalue weighted by atomic mass is 35.5. The highest BCUT2D eigenvalue weighted by Crippen LogP contribution is 2.33. The number of rotatable bonds is 4. The van der Waals surface area contributed by atoms with Crippen molar-refractivity contribution in [3.8, 4) is 0 Å². The first-order chi connectivity index (χ1) is 12.5. The monoisotopic (exact) mass is 386 g/mol. The first-order valence-corrected chi connectivity index (χ1v) is 9.87. The topological polar surface area (TPSA) is 75.2 Å². The maximum Gasteiger partial charge on any atom is 0.263 e. The molecule has 2 aromatic carbocycles. The van der Waals surface area contributed by atoms with Crippen LogP contribution in [-0.4, -0.2) is 25.2 Å². The number of para-hydroxylation sites is 1. The highest BCUT2D eigenvalue weighted by Gasteiger charge is 2.21. The lowest BCUT2D eigenvalue weighted by atomic mass is 10.2. The van der Waals surface area contributed by atoms with Crippen LogP contribution in [0.4, 0.5) is 17.3 Å². The Bertz CT molecular complexity index is 1040. The van der Waals surface area contributed by atoms with Crippen LogP contribution >= 0.6 is 11.6 Å². The Balaban J connectivity index is 1.54. The molecule has 0 amide bonds. The molecule has 0 bridgehead atoms. The molecule has 0 atom stereocenters. The molecule has 0 spiro atoms. The van der Waals surface area contributed by atoms with Gasteiger partial charge in [0.15, 0.2) is 11.6 Å². The third kappa shape index (κ3) is 3.23. The van der Waals surface area contributed by atoms with Crippen molar-refractivity contribution in [3.63, 3.8) is 0 Å². The van der Waals surface area contributed by atoms with Crippen molar-refractivity contribution < 1.29 is 8.42 Å². The fourth-order valence-corrected chi connectivity index (χ4v) is 4.03. The number of hydrogen-bond acceptors (Lipinski definition) is 5. The van der Waals surface area contributed by atoms with E-state index in [0.29, 0.717) is 10.8 Å². The van der Waals surface area contributed by atoms with E-state index in [-0.39, 0.29) is 10.7 Å². The summed E-state index contributed by atoms with van der Waals surface area (Å²) in [5.74, 6) is 0.848. The fraction of sp³-hybridized carbons (Fsp3) is 0.111. The number of benzene rings is 2. The van der Waals surface area contributed by atoms with E-state index in [4.69, 9.17) is 11.6 Å². The summed E-state index contributed by atoms with van der Waals surface area (Å²) in [5.41, 5.74) is 2.37. The third-order valence-electron chi connectivity index (χ3n) is 4.18. The number of anilines is 3. The summed E-state index contributed by atoms with van der Waals surface area (Å²) in [4.78, 5) is 2.18. The van der Waals surface area contributed by atoms with E-state index in [2.05, 4.69) is 25.9 Å². The number of nitrogens with one attached hydrogen (secondary N) is 1. The Labute approximate surface area is 156 Å². The van der Waals surface area contributed by atoms with E-state index >= 15 is 0 Å². The molecule has 1 aliphatic rings. The number of halogens is 1. The zero-order valence-corrected chi connectivity index (χ0v) is 15.2. The Morgan fingerprint density at radius 1 is 0.962 bits per heavy atom. The fourth-order valence-electron chi connectivity index (χ4n) is 2.91. The van der Waals surface area contributed by atoms with Crippen LogP contribution in [0, 0.1) is 0 Å². The summed E-state index contributed by atoms with van der Waals surface area (Å²) in [6.45, 7) is 0.823. The van der Waals surface area contributed by atoms with Crippen LogP contribution in [0.15, 0.2) is 65.6 Å². The van der Waals surface area contributed by atoms with Gasteiger partial charge in [-0.05, 0) is 54.4 Å². The first kappa shape index (κ1) is 16.8. The zero-order chi connectivity index (χ0) is 18.1. The second-order valence-electron chi connectivity index (χ2n) is 5.87. The number of aromatic nitrogens is 2. The molecule has 26 heavy (non-hydrogen) atoms. The predicted octanol–water partition coefficient (Wildman–Crippen LogP) is 3.63. The Morgan fingerprint density at radius 2 is 1.73 bits per heavy atom. The predicted molar refractivity (Wildman–Crippen MR) is 101 cm³/mol. The Hall–Kier alpha value is -2.64. The third-order valence-corrected chi connectivity index (χ3v) is 5.80. The molecule has 1 aromatic heterocycles. The number of hydrogen-bond donors (Lipinski definition) is 1. The largest absolute Gasteiger partial charge is 0.324 e. The summed E-state index contributed by atoms with van der Waals surface area (Å²) < 4.78 is 27.2. The van der Waals surface area contributed by atoms with E-state index in [1.807, 2.05) is 18.2 Å². The molecule has 1 aliphatic heterocycles. The second-order valence-corrected chi connectivity index (χ2v) is 7.99. The van der Waals surface area contributed by atoms with Crippen LogP contribution < -0.4 is 9.62 Å². The average Bonchev–Trinajstić information content (AvgIpc) is 3.07. The van der Waals surface area contributed by atoms with Gasteiger partial charge in [-0.2, -0.15) is 0 Å². The van der Waals surface area contributed by atoms with E-state index < -0.39 is 10.0 Å². The van der Waals surface area contributed by atoms with E-state index in [0.717, 1.165) is 18.7 Å². The molecule has 0 saturated heterocycles. The smallest absolute Gasteiger partial charge is 0.263 e. The highest BCUT2D eigenvalue weighted by molar-refractivity contribution is 7.92. The molecular weight excluding hydrogens is 372 g/mol. The quantitative estimate of drug-likeness (QED) is 0.741. The van der Waals surface area contributed by atoms with Crippen LogP contribution in [0.1, 0.15) is 5.56 Å². The van der Waals surface area contributed by atoms with Crippen LogP contribution in [0.5, 0.6) is 0 Å². The van der Waals surface area contributed by atoms with Gasteiger partial charge in [0.25, 0.3) is 10.0 Å². The lowest BCUT2D eigenvalue weighted by Crippen LogP contribution is -2.17. The normalized spacial score (nSPS) is 13.5. The minimum Gasteiger partial charge on any atom is -0.324 e. The molecule has 1 N–H and O–H groups in total. The second kappa shape index (κ2) is 6.59. The van der Waals surface area contributed by atoms with Gasteiger partial charge in [0, 0.05) is 17.3 Å². The molecule has 132 valence electrons. The van der Waals surface area contributed by atoms with Crippen LogP contribution in [-0.2, 0) is 16.4 Å². The van der Waals surface area contributed by atoms with Gasteiger partial charge in [-0.15, -0.1) is 10.2 Å². The summed E-state index contributed by atoms with van der Waals surface area (Å²) in [7, 11) is -3.74. The van der Waals surface area contributed by atoms with Gasteiger partial charge in [0.05, 0.1) is 4.90 Å². The van der Waals surface area contributed by atoms with Crippen LogP contribution in [0.25, 0.3) is 0 Å². The van der Waals surface area contributed by atoms with Crippen LogP contribution in [0.2, 0.25) is 5.02 Å². The number of fused-ring (bicyclic) bond motifs is 1. The van der Waals surface area contributed by atoms with E-state index in [9.17, 15) is 8.42 Å². The first-order valence-electron chi connectivity index (χ1n) is 8.00. The maximum absolute atomic E-state index is 12.4. The van der Waals surface area contributed by atoms with Crippen molar-refractivity contribution in [1.29, 1.82) is 0 Å². The summed E-state index contributed by atoms with van der Waals surface area (Å²) in [6.07, 6.45) is 0.947. The lowest BCUT2D eigenvalue weighted by Gasteiger charge is -2.17. The van der Waals surface area contributed by atoms with Crippen molar-refractivity contribution >= 4 is 38.9 Å². The van der Waals surface area contributed by atoms with Crippen molar-refractivity contribution in [2.24, 2.45) is 0 Å². The van der Waals surface area contributed by atoms with Gasteiger partial charge in [0.1, 0.15) is 0 Å². The molecule has 0 unspecified atom stereocenters. The molecule has 0 aliphatic carbocycles. The van der Waals surface area contributed by atoms with Gasteiger partial charge in [0.2, 0.25) is 0 Å². The van der Waals surface area contributed by atoms with Gasteiger partial charge in [-0.25, -0.2) is 8.42 Å². The molecule has 3 aromatic rings. The Morgan fingerprint density at radius 3 is 2.46 bits per heavy atom. The molecular formula is C18H15ClN4O2S. The zero-order valence-electron chi connectivity index (χ0n) is 13.6. The van der Waals surface area contributed by atoms with Crippen molar-refractivity contribution in [2.45, 2.75) is 11.3 Å². The van der Waals surface area contributed by atoms with Gasteiger partial charge in [-0.1, -0.05) is 29.8 Å². The molecule has 0 saturated carbocycles. The lowest BCUT2D eigenvalue weighted by molar-refractivity contribution is 0.601. The minimum atomic E-state index is -3.74. The van der Waals surface area contributed by atoms with E-state index in [1.54, 1.807) is 12.1 Å². The van der Waals surface area contributed by atoms with Crippen molar-refractivity contribution in [1.82, 2.24) is 10.2 Å². The van der Waals surface area contributed by atoms with Crippen LogP contribution in [0.3, 0.4) is 0 Å². The number of nitrogens with zero attached hydrogens (tertiary/aromatic N) is 3. The summed E-state index contributed by atoms with van der Waals surface area (Å²) in [5, 5.41) is 8.67. The maximum atomic E-state index is 12.4.